The molecule has 1 aliphatic carbocycles. The highest BCUT2D eigenvalue weighted by atomic mass is 19.4. The summed E-state index contributed by atoms with van der Waals surface area (Å²) in [6, 6.07) is 0. The number of aryl methyl sites for hydroxylation is 1. The molecule has 7 heteroatoms. The molecule has 0 atom stereocenters. The lowest BCUT2D eigenvalue weighted by Crippen LogP contribution is -2.16. The SMILES string of the molecule is FC(F)(F)CCc1noc(CNCC2CC2)n1. The predicted molar refractivity (Wildman–Crippen MR) is 53.1 cm³/mol. The van der Waals surface area contributed by atoms with E-state index in [1.54, 1.807) is 0 Å². The Bertz CT molecular complexity index is 360. The van der Waals surface area contributed by atoms with Crippen LogP contribution < -0.4 is 5.32 Å². The van der Waals surface area contributed by atoms with E-state index < -0.39 is 12.6 Å². The minimum Gasteiger partial charge on any atom is -0.338 e. The molecule has 17 heavy (non-hydrogen) atoms. The summed E-state index contributed by atoms with van der Waals surface area (Å²) in [7, 11) is 0. The molecule has 0 unspecified atom stereocenters. The Labute approximate surface area is 96.6 Å². The van der Waals surface area contributed by atoms with E-state index >= 15 is 0 Å². The Morgan fingerprint density at radius 1 is 1.35 bits per heavy atom. The summed E-state index contributed by atoms with van der Waals surface area (Å²) in [6.45, 7) is 1.33. The van der Waals surface area contributed by atoms with Crippen LogP contribution in [0, 0.1) is 5.92 Å². The Morgan fingerprint density at radius 2 is 2.12 bits per heavy atom. The van der Waals surface area contributed by atoms with Gasteiger partial charge in [-0.1, -0.05) is 5.16 Å². The van der Waals surface area contributed by atoms with Gasteiger partial charge in [0.05, 0.1) is 13.0 Å². The lowest BCUT2D eigenvalue weighted by Gasteiger charge is -2.01. The zero-order valence-electron chi connectivity index (χ0n) is 9.26. The topological polar surface area (TPSA) is 51.0 Å². The van der Waals surface area contributed by atoms with Crippen LogP contribution in [0.2, 0.25) is 0 Å². The van der Waals surface area contributed by atoms with Crippen molar-refractivity contribution in [2.24, 2.45) is 5.92 Å². The van der Waals surface area contributed by atoms with Gasteiger partial charge in [0.15, 0.2) is 5.82 Å². The highest BCUT2D eigenvalue weighted by Crippen LogP contribution is 2.27. The lowest BCUT2D eigenvalue weighted by atomic mass is 10.3. The number of halogens is 3. The largest absolute Gasteiger partial charge is 0.389 e. The maximum absolute atomic E-state index is 11.9. The van der Waals surface area contributed by atoms with Gasteiger partial charge in [0.1, 0.15) is 0 Å². The fourth-order valence-electron chi connectivity index (χ4n) is 1.42. The van der Waals surface area contributed by atoms with Crippen LogP contribution in [0.3, 0.4) is 0 Å². The minimum absolute atomic E-state index is 0.116. The molecule has 0 bridgehead atoms. The van der Waals surface area contributed by atoms with Crippen LogP contribution in [-0.2, 0) is 13.0 Å². The molecule has 1 aliphatic rings. The van der Waals surface area contributed by atoms with Gasteiger partial charge in [-0.05, 0) is 25.3 Å². The molecule has 0 aliphatic heterocycles. The summed E-state index contributed by atoms with van der Waals surface area (Å²) in [4.78, 5) is 3.89. The van der Waals surface area contributed by atoms with Crippen LogP contribution in [0.15, 0.2) is 4.52 Å². The van der Waals surface area contributed by atoms with Gasteiger partial charge in [0.25, 0.3) is 0 Å². The molecule has 1 saturated carbocycles. The predicted octanol–water partition coefficient (Wildman–Crippen LogP) is 2.06. The van der Waals surface area contributed by atoms with Crippen molar-refractivity contribution in [3.63, 3.8) is 0 Å². The number of aromatic nitrogens is 2. The summed E-state index contributed by atoms with van der Waals surface area (Å²) < 4.78 is 40.7. The number of nitrogens with one attached hydrogen (secondary N) is 1. The first-order chi connectivity index (χ1) is 8.03. The summed E-state index contributed by atoms with van der Waals surface area (Å²) in [6.07, 6.45) is -2.83. The number of hydrogen-bond donors (Lipinski definition) is 1. The highest BCUT2D eigenvalue weighted by molar-refractivity contribution is 4.87. The van der Waals surface area contributed by atoms with Crippen molar-refractivity contribution < 1.29 is 17.7 Å². The first-order valence-corrected chi connectivity index (χ1v) is 5.62. The fraction of sp³-hybridized carbons (Fsp3) is 0.800. The monoisotopic (exact) mass is 249 g/mol. The number of hydrogen-bond acceptors (Lipinski definition) is 4. The van der Waals surface area contributed by atoms with E-state index in [9.17, 15) is 13.2 Å². The summed E-state index contributed by atoms with van der Waals surface area (Å²) in [5, 5.41) is 6.64. The molecule has 96 valence electrons. The van der Waals surface area contributed by atoms with Gasteiger partial charge >= 0.3 is 6.18 Å². The van der Waals surface area contributed by atoms with Gasteiger partial charge in [-0.2, -0.15) is 18.2 Å². The molecule has 1 fully saturated rings. The smallest absolute Gasteiger partial charge is 0.338 e. The molecule has 1 aromatic rings. The summed E-state index contributed by atoms with van der Waals surface area (Å²) >= 11 is 0. The van der Waals surface area contributed by atoms with Crippen molar-refractivity contribution in [2.75, 3.05) is 6.54 Å². The van der Waals surface area contributed by atoms with Gasteiger partial charge in [0.2, 0.25) is 5.89 Å². The Hall–Kier alpha value is -1.11. The Balaban J connectivity index is 1.70. The van der Waals surface area contributed by atoms with Crippen LogP contribution in [0.4, 0.5) is 13.2 Å². The standard InChI is InChI=1S/C10H14F3N3O/c11-10(12,13)4-3-8-15-9(17-16-8)6-14-5-7-1-2-7/h7,14H,1-6H2. The quantitative estimate of drug-likeness (QED) is 0.838. The Morgan fingerprint density at radius 3 is 2.76 bits per heavy atom. The van der Waals surface area contributed by atoms with E-state index in [1.165, 1.54) is 12.8 Å². The molecule has 2 rings (SSSR count). The van der Waals surface area contributed by atoms with E-state index in [2.05, 4.69) is 15.5 Å². The molecule has 4 nitrogen and oxygen atoms in total. The van der Waals surface area contributed by atoms with Crippen molar-refractivity contribution in [1.29, 1.82) is 0 Å². The van der Waals surface area contributed by atoms with Crippen molar-refractivity contribution in [1.82, 2.24) is 15.5 Å². The molecule has 0 spiro atoms. The third kappa shape index (κ3) is 4.72. The van der Waals surface area contributed by atoms with Crippen molar-refractivity contribution >= 4 is 0 Å². The molecular formula is C10H14F3N3O. The first kappa shape index (κ1) is 12.3. The van der Waals surface area contributed by atoms with Gasteiger partial charge in [-0.15, -0.1) is 0 Å². The summed E-state index contributed by atoms with van der Waals surface area (Å²) in [5.74, 6) is 1.20. The van der Waals surface area contributed by atoms with Gasteiger partial charge in [0, 0.05) is 6.42 Å². The van der Waals surface area contributed by atoms with Crippen molar-refractivity contribution in [2.45, 2.75) is 38.4 Å². The Kier molecular flexibility index (Phi) is 3.66. The molecule has 1 heterocycles. The van der Waals surface area contributed by atoms with Crippen molar-refractivity contribution in [3.05, 3.63) is 11.7 Å². The van der Waals surface area contributed by atoms with E-state index in [1.807, 2.05) is 0 Å². The van der Waals surface area contributed by atoms with Gasteiger partial charge in [-0.25, -0.2) is 0 Å². The fourth-order valence-corrected chi connectivity index (χ4v) is 1.42. The average Bonchev–Trinajstić information content (AvgIpc) is 2.93. The molecule has 0 amide bonds. The van der Waals surface area contributed by atoms with E-state index in [4.69, 9.17) is 4.52 Å². The molecular weight excluding hydrogens is 235 g/mol. The normalized spacial score (nSPS) is 16.4. The zero-order chi connectivity index (χ0) is 12.3. The number of alkyl halides is 3. The molecule has 1 aromatic heterocycles. The maximum Gasteiger partial charge on any atom is 0.389 e. The molecule has 0 saturated heterocycles. The maximum atomic E-state index is 11.9. The van der Waals surface area contributed by atoms with E-state index in [0.29, 0.717) is 12.4 Å². The average molecular weight is 249 g/mol. The number of rotatable bonds is 6. The van der Waals surface area contributed by atoms with Crippen LogP contribution in [-0.4, -0.2) is 22.9 Å². The van der Waals surface area contributed by atoms with Gasteiger partial charge in [-0.3, -0.25) is 0 Å². The second-order valence-electron chi connectivity index (χ2n) is 4.29. The second-order valence-corrected chi connectivity index (χ2v) is 4.29. The third-order valence-corrected chi connectivity index (χ3v) is 2.55. The van der Waals surface area contributed by atoms with Crippen molar-refractivity contribution in [3.8, 4) is 0 Å². The minimum atomic E-state index is -4.18. The highest BCUT2D eigenvalue weighted by Gasteiger charge is 2.27. The number of nitrogens with zero attached hydrogens (tertiary/aromatic N) is 2. The zero-order valence-corrected chi connectivity index (χ0v) is 9.26. The second kappa shape index (κ2) is 5.03. The van der Waals surface area contributed by atoms with Crippen LogP contribution in [0.1, 0.15) is 31.0 Å². The van der Waals surface area contributed by atoms with Gasteiger partial charge < -0.3 is 9.84 Å². The van der Waals surface area contributed by atoms with Crippen LogP contribution in [0.5, 0.6) is 0 Å². The molecule has 0 aromatic carbocycles. The lowest BCUT2D eigenvalue weighted by molar-refractivity contribution is -0.134. The molecule has 0 radical (unpaired) electrons. The van der Waals surface area contributed by atoms with Crippen LogP contribution >= 0.6 is 0 Å². The van der Waals surface area contributed by atoms with E-state index in [-0.39, 0.29) is 12.2 Å². The van der Waals surface area contributed by atoms with Crippen LogP contribution in [0.25, 0.3) is 0 Å². The molecule has 1 N–H and O–H groups in total. The third-order valence-electron chi connectivity index (χ3n) is 2.55. The van der Waals surface area contributed by atoms with E-state index in [0.717, 1.165) is 12.5 Å². The summed E-state index contributed by atoms with van der Waals surface area (Å²) in [5.41, 5.74) is 0. The first-order valence-electron chi connectivity index (χ1n) is 5.62.